The van der Waals surface area contributed by atoms with E-state index in [4.69, 9.17) is 0 Å². The molecule has 0 radical (unpaired) electrons. The smallest absolute Gasteiger partial charge is 0.164 e. The Bertz CT molecular complexity index is 384. The van der Waals surface area contributed by atoms with E-state index in [2.05, 4.69) is 15.4 Å². The van der Waals surface area contributed by atoms with E-state index >= 15 is 0 Å². The lowest BCUT2D eigenvalue weighted by atomic mass is 10.6. The minimum Gasteiger partial charge on any atom is -0.309 e. The second kappa shape index (κ2) is 4.52. The number of sulfone groups is 1. The van der Waals surface area contributed by atoms with Gasteiger partial charge in [-0.1, -0.05) is 0 Å². The average Bonchev–Trinajstić information content (AvgIpc) is 2.44. The van der Waals surface area contributed by atoms with Crippen molar-refractivity contribution in [2.75, 3.05) is 18.6 Å². The molecule has 0 aromatic carbocycles. The quantitative estimate of drug-likeness (QED) is 0.638. The first-order valence-corrected chi connectivity index (χ1v) is 6.26. The summed E-state index contributed by atoms with van der Waals surface area (Å²) >= 11 is 0. The molecule has 0 saturated carbocycles. The van der Waals surface area contributed by atoms with Crippen LogP contribution in [0.1, 0.15) is 5.82 Å². The van der Waals surface area contributed by atoms with Crippen LogP contribution in [0.4, 0.5) is 0 Å². The molecule has 1 aromatic heterocycles. The molecule has 0 aliphatic carbocycles. The average molecular weight is 218 g/mol. The summed E-state index contributed by atoms with van der Waals surface area (Å²) in [4.78, 5) is 3.99. The molecule has 0 aliphatic heterocycles. The number of hydrogen-bond acceptors (Lipinski definition) is 5. The van der Waals surface area contributed by atoms with Crippen molar-refractivity contribution < 1.29 is 8.42 Å². The van der Waals surface area contributed by atoms with Crippen molar-refractivity contribution in [1.82, 2.24) is 20.1 Å². The van der Waals surface area contributed by atoms with Crippen molar-refractivity contribution >= 4 is 9.84 Å². The Kier molecular flexibility index (Phi) is 3.59. The number of aromatic nitrogens is 3. The zero-order valence-electron chi connectivity index (χ0n) is 8.27. The molecular weight excluding hydrogens is 204 g/mol. The van der Waals surface area contributed by atoms with Crippen molar-refractivity contribution in [3.63, 3.8) is 0 Å². The summed E-state index contributed by atoms with van der Waals surface area (Å²) in [6.07, 6.45) is 2.82. The van der Waals surface area contributed by atoms with Crippen LogP contribution in [0.25, 0.3) is 0 Å². The molecule has 0 saturated heterocycles. The number of nitrogens with zero attached hydrogens (tertiary/aromatic N) is 3. The highest BCUT2D eigenvalue weighted by Gasteiger charge is 2.02. The standard InChI is InChI=1S/C7H14N4O2S/c1-11-6-9-7(10-11)5-8-3-4-14(2,12)13/h6,8H,3-5H2,1-2H3. The van der Waals surface area contributed by atoms with Crippen molar-refractivity contribution in [3.05, 3.63) is 12.2 Å². The van der Waals surface area contributed by atoms with E-state index in [1.165, 1.54) is 6.26 Å². The van der Waals surface area contributed by atoms with Gasteiger partial charge in [0.2, 0.25) is 0 Å². The van der Waals surface area contributed by atoms with Crippen LogP contribution in [0.2, 0.25) is 0 Å². The zero-order chi connectivity index (χ0) is 10.6. The van der Waals surface area contributed by atoms with Gasteiger partial charge in [0.25, 0.3) is 0 Å². The van der Waals surface area contributed by atoms with Crippen LogP contribution < -0.4 is 5.32 Å². The van der Waals surface area contributed by atoms with Gasteiger partial charge in [0.15, 0.2) is 5.82 Å². The van der Waals surface area contributed by atoms with Crippen LogP contribution in [-0.2, 0) is 23.4 Å². The fraction of sp³-hybridized carbons (Fsp3) is 0.714. The first kappa shape index (κ1) is 11.1. The Labute approximate surface area is 83.3 Å². The minimum absolute atomic E-state index is 0.139. The Morgan fingerprint density at radius 1 is 1.57 bits per heavy atom. The van der Waals surface area contributed by atoms with Gasteiger partial charge in [0.05, 0.1) is 12.3 Å². The third-order valence-electron chi connectivity index (χ3n) is 1.58. The van der Waals surface area contributed by atoms with Gasteiger partial charge in [-0.05, 0) is 0 Å². The third-order valence-corrected chi connectivity index (χ3v) is 2.53. The molecule has 0 bridgehead atoms. The second-order valence-corrected chi connectivity index (χ2v) is 5.40. The molecule has 0 amide bonds. The Morgan fingerprint density at radius 3 is 2.79 bits per heavy atom. The third kappa shape index (κ3) is 4.33. The molecule has 1 rings (SSSR count). The van der Waals surface area contributed by atoms with Gasteiger partial charge in [0, 0.05) is 19.8 Å². The first-order chi connectivity index (χ1) is 6.47. The van der Waals surface area contributed by atoms with Crippen LogP contribution >= 0.6 is 0 Å². The summed E-state index contributed by atoms with van der Waals surface area (Å²) in [5, 5.41) is 6.99. The highest BCUT2D eigenvalue weighted by molar-refractivity contribution is 7.90. The lowest BCUT2D eigenvalue weighted by molar-refractivity contribution is 0.594. The van der Waals surface area contributed by atoms with Crippen molar-refractivity contribution in [3.8, 4) is 0 Å². The van der Waals surface area contributed by atoms with Gasteiger partial charge in [-0.2, -0.15) is 5.10 Å². The topological polar surface area (TPSA) is 76.9 Å². The monoisotopic (exact) mass is 218 g/mol. The van der Waals surface area contributed by atoms with Gasteiger partial charge in [-0.25, -0.2) is 13.4 Å². The van der Waals surface area contributed by atoms with E-state index in [0.29, 0.717) is 18.9 Å². The molecule has 0 unspecified atom stereocenters. The van der Waals surface area contributed by atoms with Crippen LogP contribution in [0.5, 0.6) is 0 Å². The lowest BCUT2D eigenvalue weighted by Crippen LogP contribution is -2.22. The van der Waals surface area contributed by atoms with Crippen LogP contribution in [0, 0.1) is 0 Å². The predicted molar refractivity (Wildman–Crippen MR) is 52.4 cm³/mol. The minimum atomic E-state index is -2.88. The van der Waals surface area contributed by atoms with E-state index in [0.717, 1.165) is 0 Å². The predicted octanol–water partition coefficient (Wildman–Crippen LogP) is -1.05. The summed E-state index contributed by atoms with van der Waals surface area (Å²) in [5.41, 5.74) is 0. The number of nitrogens with one attached hydrogen (secondary N) is 1. The normalized spacial score (nSPS) is 11.9. The number of hydrogen-bond donors (Lipinski definition) is 1. The second-order valence-electron chi connectivity index (χ2n) is 3.14. The molecule has 0 atom stereocenters. The lowest BCUT2D eigenvalue weighted by Gasteiger charge is -1.99. The van der Waals surface area contributed by atoms with Crippen molar-refractivity contribution in [2.45, 2.75) is 6.54 Å². The van der Waals surface area contributed by atoms with Crippen molar-refractivity contribution in [2.24, 2.45) is 7.05 Å². The molecule has 0 aliphatic rings. The SMILES string of the molecule is Cn1cnc(CNCCS(C)(=O)=O)n1. The molecule has 1 N–H and O–H groups in total. The van der Waals surface area contributed by atoms with E-state index < -0.39 is 9.84 Å². The largest absolute Gasteiger partial charge is 0.309 e. The van der Waals surface area contributed by atoms with Gasteiger partial charge in [0.1, 0.15) is 16.2 Å². The fourth-order valence-corrected chi connectivity index (χ4v) is 1.44. The van der Waals surface area contributed by atoms with Gasteiger partial charge in [-0.3, -0.25) is 4.68 Å². The molecule has 0 fully saturated rings. The van der Waals surface area contributed by atoms with Crippen LogP contribution in [-0.4, -0.2) is 41.7 Å². The first-order valence-electron chi connectivity index (χ1n) is 4.20. The Hall–Kier alpha value is -0.950. The fourth-order valence-electron chi connectivity index (χ4n) is 0.923. The summed E-state index contributed by atoms with van der Waals surface area (Å²) in [6.45, 7) is 0.924. The van der Waals surface area contributed by atoms with Gasteiger partial charge < -0.3 is 5.32 Å². The van der Waals surface area contributed by atoms with Crippen LogP contribution in [0.15, 0.2) is 6.33 Å². The summed E-state index contributed by atoms with van der Waals surface area (Å²) in [7, 11) is -1.10. The van der Waals surface area contributed by atoms with E-state index in [9.17, 15) is 8.42 Å². The van der Waals surface area contributed by atoms with Gasteiger partial charge in [-0.15, -0.1) is 0 Å². The zero-order valence-corrected chi connectivity index (χ0v) is 9.08. The molecular formula is C7H14N4O2S. The summed E-state index contributed by atoms with van der Waals surface area (Å²) in [6, 6.07) is 0. The van der Waals surface area contributed by atoms with Crippen LogP contribution in [0.3, 0.4) is 0 Å². The number of aryl methyl sites for hydroxylation is 1. The maximum atomic E-state index is 10.8. The van der Waals surface area contributed by atoms with Crippen molar-refractivity contribution in [1.29, 1.82) is 0 Å². The maximum Gasteiger partial charge on any atom is 0.164 e. The molecule has 7 heteroatoms. The maximum absolute atomic E-state index is 10.8. The molecule has 80 valence electrons. The number of rotatable bonds is 5. The summed E-state index contributed by atoms with van der Waals surface area (Å²) in [5.74, 6) is 0.806. The Morgan fingerprint density at radius 2 is 2.29 bits per heavy atom. The highest BCUT2D eigenvalue weighted by Crippen LogP contribution is 1.87. The Balaban J connectivity index is 2.23. The molecule has 0 spiro atoms. The molecule has 1 heterocycles. The molecule has 14 heavy (non-hydrogen) atoms. The van der Waals surface area contributed by atoms with E-state index in [1.54, 1.807) is 18.1 Å². The summed E-state index contributed by atoms with van der Waals surface area (Å²) < 4.78 is 23.1. The van der Waals surface area contributed by atoms with Gasteiger partial charge >= 0.3 is 0 Å². The molecule has 6 nitrogen and oxygen atoms in total. The highest BCUT2D eigenvalue weighted by atomic mass is 32.2. The molecule has 1 aromatic rings. The van der Waals surface area contributed by atoms with E-state index in [-0.39, 0.29) is 5.75 Å². The van der Waals surface area contributed by atoms with E-state index in [1.807, 2.05) is 0 Å².